The minimum Gasteiger partial charge on any atom is -0.352 e. The molecular formula is C11H17ClN2O4S. The van der Waals surface area contributed by atoms with Crippen LogP contribution in [0.15, 0.2) is 4.52 Å². The average Bonchev–Trinajstić information content (AvgIpc) is 2.60. The first-order chi connectivity index (χ1) is 8.75. The van der Waals surface area contributed by atoms with Crippen LogP contribution in [0.3, 0.4) is 0 Å². The summed E-state index contributed by atoms with van der Waals surface area (Å²) >= 11 is 5.75. The number of halogens is 1. The first kappa shape index (κ1) is 16.0. The van der Waals surface area contributed by atoms with Gasteiger partial charge in [-0.15, -0.1) is 0 Å². The summed E-state index contributed by atoms with van der Waals surface area (Å²) in [7, 11) is -3.11. The fraction of sp³-hybridized carbons (Fsp3) is 0.636. The highest BCUT2D eigenvalue weighted by atomic mass is 35.5. The number of rotatable bonds is 6. The second-order valence-electron chi connectivity index (χ2n) is 4.36. The molecule has 0 aliphatic rings. The monoisotopic (exact) mass is 308 g/mol. The van der Waals surface area contributed by atoms with Gasteiger partial charge in [-0.2, -0.15) is 0 Å². The van der Waals surface area contributed by atoms with Gasteiger partial charge in [0, 0.05) is 17.4 Å². The van der Waals surface area contributed by atoms with Crippen LogP contribution in [0.4, 0.5) is 0 Å². The van der Waals surface area contributed by atoms with Crippen molar-refractivity contribution in [1.82, 2.24) is 10.5 Å². The van der Waals surface area contributed by atoms with Crippen LogP contribution in [0, 0.1) is 6.92 Å². The highest BCUT2D eigenvalue weighted by Gasteiger charge is 2.18. The average molecular weight is 309 g/mol. The second kappa shape index (κ2) is 6.38. The van der Waals surface area contributed by atoms with Crippen molar-refractivity contribution in [2.75, 3.05) is 11.5 Å². The van der Waals surface area contributed by atoms with E-state index in [1.54, 1.807) is 20.8 Å². The van der Waals surface area contributed by atoms with Gasteiger partial charge in [-0.25, -0.2) is 8.42 Å². The number of aryl methyl sites for hydroxylation is 1. The minimum absolute atomic E-state index is 0.0185. The van der Waals surface area contributed by atoms with Crippen LogP contribution in [0.2, 0.25) is 5.22 Å². The number of aromatic nitrogens is 1. The summed E-state index contributed by atoms with van der Waals surface area (Å²) in [5, 5.41) is 6.34. The molecule has 0 bridgehead atoms. The van der Waals surface area contributed by atoms with Crippen LogP contribution in [0.25, 0.3) is 0 Å². The maximum absolute atomic E-state index is 11.8. The molecule has 0 fully saturated rings. The summed E-state index contributed by atoms with van der Waals surface area (Å²) in [5.41, 5.74) is 1.07. The number of carbonyl (C=O) groups is 1. The highest BCUT2D eigenvalue weighted by molar-refractivity contribution is 7.91. The van der Waals surface area contributed by atoms with Crippen molar-refractivity contribution in [2.45, 2.75) is 33.2 Å². The number of nitrogens with one attached hydrogen (secondary N) is 1. The van der Waals surface area contributed by atoms with Crippen LogP contribution >= 0.6 is 11.6 Å². The van der Waals surface area contributed by atoms with Gasteiger partial charge >= 0.3 is 0 Å². The Morgan fingerprint density at radius 2 is 2.16 bits per heavy atom. The molecule has 1 rings (SSSR count). The molecule has 1 aromatic rings. The Kier molecular flexibility index (Phi) is 5.37. The Labute approximate surface area is 117 Å². The molecule has 1 amide bonds. The molecule has 0 spiro atoms. The maximum Gasteiger partial charge on any atom is 0.229 e. The van der Waals surface area contributed by atoms with Crippen LogP contribution in [0.5, 0.6) is 0 Å². The normalized spacial score (nSPS) is 13.3. The predicted octanol–water partition coefficient (Wildman–Crippen LogP) is 1.12. The summed E-state index contributed by atoms with van der Waals surface area (Å²) in [6, 6.07) is -0.448. The predicted molar refractivity (Wildman–Crippen MR) is 71.9 cm³/mol. The van der Waals surface area contributed by atoms with E-state index in [0.29, 0.717) is 11.3 Å². The van der Waals surface area contributed by atoms with E-state index in [1.807, 2.05) is 0 Å². The third kappa shape index (κ3) is 4.83. The first-order valence-electron chi connectivity index (χ1n) is 5.85. The zero-order valence-corrected chi connectivity index (χ0v) is 12.6. The lowest BCUT2D eigenvalue weighted by Gasteiger charge is -2.13. The highest BCUT2D eigenvalue weighted by Crippen LogP contribution is 2.19. The Morgan fingerprint density at radius 3 is 2.63 bits per heavy atom. The minimum atomic E-state index is -3.11. The van der Waals surface area contributed by atoms with E-state index in [2.05, 4.69) is 10.5 Å². The molecule has 8 heteroatoms. The molecule has 0 radical (unpaired) electrons. The van der Waals surface area contributed by atoms with Gasteiger partial charge in [0.1, 0.15) is 0 Å². The Balaban J connectivity index is 2.57. The molecule has 6 nitrogen and oxygen atoms in total. The summed E-state index contributed by atoms with van der Waals surface area (Å²) in [6.07, 6.45) is 0.0185. The molecule has 0 unspecified atom stereocenters. The Bertz CT molecular complexity index is 534. The van der Waals surface area contributed by atoms with Gasteiger partial charge in [0.2, 0.25) is 11.1 Å². The Morgan fingerprint density at radius 1 is 1.53 bits per heavy atom. The largest absolute Gasteiger partial charge is 0.352 e. The third-order valence-corrected chi connectivity index (χ3v) is 4.81. The Hall–Kier alpha value is -1.08. The quantitative estimate of drug-likeness (QED) is 0.850. The van der Waals surface area contributed by atoms with Gasteiger partial charge in [-0.3, -0.25) is 4.79 Å². The summed E-state index contributed by atoms with van der Waals surface area (Å²) in [5.74, 6) is -0.331. The van der Waals surface area contributed by atoms with E-state index >= 15 is 0 Å². The first-order valence-corrected chi connectivity index (χ1v) is 8.05. The zero-order chi connectivity index (χ0) is 14.6. The van der Waals surface area contributed by atoms with Crippen LogP contribution in [-0.4, -0.2) is 37.0 Å². The molecule has 0 saturated heterocycles. The van der Waals surface area contributed by atoms with Gasteiger partial charge in [0.05, 0.1) is 17.9 Å². The van der Waals surface area contributed by atoms with Gasteiger partial charge in [-0.1, -0.05) is 12.1 Å². The van der Waals surface area contributed by atoms with Gasteiger partial charge < -0.3 is 9.84 Å². The second-order valence-corrected chi connectivity index (χ2v) is 7.11. The van der Waals surface area contributed by atoms with E-state index in [9.17, 15) is 13.2 Å². The number of hydrogen-bond acceptors (Lipinski definition) is 5. The fourth-order valence-electron chi connectivity index (χ4n) is 1.59. The lowest BCUT2D eigenvalue weighted by atomic mass is 10.2. The summed E-state index contributed by atoms with van der Waals surface area (Å²) < 4.78 is 27.6. The molecule has 1 heterocycles. The van der Waals surface area contributed by atoms with Gasteiger partial charge in [-0.05, 0) is 25.4 Å². The molecule has 0 aliphatic carbocycles. The van der Waals surface area contributed by atoms with Crippen molar-refractivity contribution < 1.29 is 17.7 Å². The number of amides is 1. The number of carbonyl (C=O) groups excluding carboxylic acids is 1. The zero-order valence-electron chi connectivity index (χ0n) is 11.1. The van der Waals surface area contributed by atoms with E-state index in [-0.39, 0.29) is 29.1 Å². The molecule has 0 aromatic carbocycles. The van der Waals surface area contributed by atoms with E-state index in [4.69, 9.17) is 16.1 Å². The molecule has 0 saturated carbocycles. The molecule has 1 aromatic heterocycles. The standard InChI is InChI=1S/C11H17ClN2O4S/c1-4-19(16,17)6-7(2)13-10(15)5-9-8(3)14-18-11(9)12/h7H,4-6H2,1-3H3,(H,13,15)/t7-/m1/s1. The van der Waals surface area contributed by atoms with E-state index in [1.165, 1.54) is 0 Å². The van der Waals surface area contributed by atoms with Crippen LogP contribution < -0.4 is 5.32 Å². The number of nitrogens with zero attached hydrogens (tertiary/aromatic N) is 1. The molecular weight excluding hydrogens is 292 g/mol. The molecule has 1 atom stereocenters. The van der Waals surface area contributed by atoms with E-state index < -0.39 is 15.9 Å². The lowest BCUT2D eigenvalue weighted by molar-refractivity contribution is -0.120. The van der Waals surface area contributed by atoms with E-state index in [0.717, 1.165) is 0 Å². The number of sulfone groups is 1. The fourth-order valence-corrected chi connectivity index (χ4v) is 2.90. The van der Waals surface area contributed by atoms with Crippen molar-refractivity contribution in [1.29, 1.82) is 0 Å². The summed E-state index contributed by atoms with van der Waals surface area (Å²) in [6.45, 7) is 4.90. The van der Waals surface area contributed by atoms with Crippen molar-refractivity contribution in [3.63, 3.8) is 0 Å². The smallest absolute Gasteiger partial charge is 0.229 e. The lowest BCUT2D eigenvalue weighted by Crippen LogP contribution is -2.38. The molecule has 1 N–H and O–H groups in total. The SMILES string of the molecule is CCS(=O)(=O)C[C@@H](C)NC(=O)Cc1c(C)noc1Cl. The topological polar surface area (TPSA) is 89.3 Å². The maximum atomic E-state index is 11.8. The van der Waals surface area contributed by atoms with Crippen LogP contribution in [0.1, 0.15) is 25.1 Å². The van der Waals surface area contributed by atoms with Gasteiger partial charge in [0.25, 0.3) is 0 Å². The molecule has 19 heavy (non-hydrogen) atoms. The van der Waals surface area contributed by atoms with Crippen molar-refractivity contribution in [2.24, 2.45) is 0 Å². The molecule has 0 aliphatic heterocycles. The van der Waals surface area contributed by atoms with Crippen molar-refractivity contribution in [3.05, 3.63) is 16.5 Å². The van der Waals surface area contributed by atoms with Crippen molar-refractivity contribution >= 4 is 27.3 Å². The van der Waals surface area contributed by atoms with Gasteiger partial charge in [0.15, 0.2) is 9.84 Å². The van der Waals surface area contributed by atoms with Crippen molar-refractivity contribution in [3.8, 4) is 0 Å². The van der Waals surface area contributed by atoms with Crippen LogP contribution in [-0.2, 0) is 21.1 Å². The molecule has 108 valence electrons. The number of hydrogen-bond donors (Lipinski definition) is 1. The third-order valence-electron chi connectivity index (χ3n) is 2.63. The summed E-state index contributed by atoms with van der Waals surface area (Å²) in [4.78, 5) is 11.8.